The molecule has 0 aromatic carbocycles. The minimum absolute atomic E-state index is 0.383. The van der Waals surface area contributed by atoms with Crippen molar-refractivity contribution in [2.75, 3.05) is 6.26 Å². The first-order chi connectivity index (χ1) is 4.93. The molecule has 1 nitrogen and oxygen atoms in total. The third-order valence-corrected chi connectivity index (χ3v) is 3.50. The molecule has 0 radical (unpaired) electrons. The maximum Gasteiger partial charge on any atom is 0.0665 e. The van der Waals surface area contributed by atoms with E-state index in [1.165, 1.54) is 0 Å². The van der Waals surface area contributed by atoms with E-state index in [1.807, 2.05) is 6.07 Å². The number of hydrogen-bond donors (Lipinski definition) is 0. The molecule has 0 aliphatic carbocycles. The quantitative estimate of drug-likeness (QED) is 0.656. The van der Waals surface area contributed by atoms with Crippen molar-refractivity contribution in [2.24, 2.45) is 5.92 Å². The molecule has 11 heavy (non-hydrogen) atoms. The van der Waals surface area contributed by atoms with Crippen molar-refractivity contribution >= 4 is 10.8 Å². The molecule has 2 atom stereocenters. The molecular weight excluding hydrogens is 168 g/mol. The van der Waals surface area contributed by atoms with E-state index in [-0.39, 0.29) is 0 Å². The lowest BCUT2D eigenvalue weighted by Gasteiger charge is -2.27. The molecule has 2 unspecified atom stereocenters. The summed E-state index contributed by atoms with van der Waals surface area (Å²) in [7, 11) is -3.55. The Morgan fingerprint density at radius 3 is 2.09 bits per heavy atom. The molecule has 0 rings (SSSR count). The van der Waals surface area contributed by atoms with Crippen LogP contribution in [-0.4, -0.2) is 11.5 Å². The summed E-state index contributed by atoms with van der Waals surface area (Å²) in [6.45, 7) is 3.25. The fraction of sp³-hybridized carbons (Fsp3) is 0.857. The van der Waals surface area contributed by atoms with Gasteiger partial charge in [-0.15, -0.1) is 0 Å². The topological polar surface area (TPSA) is 23.8 Å². The molecule has 0 aliphatic rings. The molecule has 0 aliphatic heterocycles. The Labute approximate surface area is 68.3 Å². The van der Waals surface area contributed by atoms with Crippen molar-refractivity contribution in [3.63, 3.8) is 0 Å². The molecule has 0 saturated carbocycles. The zero-order valence-corrected chi connectivity index (χ0v) is 7.79. The van der Waals surface area contributed by atoms with E-state index in [4.69, 9.17) is 5.26 Å². The zero-order valence-electron chi connectivity index (χ0n) is 6.97. The standard InChI is InChI=1S/C7H13F2NS/c1-4-7(6(2)5-10)11(3,8)9/h6-7H,4H2,1-3H3. The van der Waals surface area contributed by atoms with Gasteiger partial charge in [0.1, 0.15) is 0 Å². The minimum Gasteiger partial charge on any atom is -0.198 e. The third-order valence-electron chi connectivity index (χ3n) is 1.70. The predicted molar refractivity (Wildman–Crippen MR) is 44.6 cm³/mol. The first kappa shape index (κ1) is 10.7. The highest BCUT2D eigenvalue weighted by molar-refractivity contribution is 8.25. The Bertz CT molecular complexity index is 159. The smallest absolute Gasteiger partial charge is 0.0665 e. The Morgan fingerprint density at radius 2 is 2.00 bits per heavy atom. The highest BCUT2D eigenvalue weighted by Gasteiger charge is 2.32. The van der Waals surface area contributed by atoms with Crippen LogP contribution < -0.4 is 0 Å². The van der Waals surface area contributed by atoms with Gasteiger partial charge in [-0.05, 0) is 13.3 Å². The van der Waals surface area contributed by atoms with Crippen LogP contribution in [0.25, 0.3) is 0 Å². The lowest BCUT2D eigenvalue weighted by atomic mass is 10.1. The lowest BCUT2D eigenvalue weighted by molar-refractivity contribution is 0.599. The fourth-order valence-corrected chi connectivity index (χ4v) is 2.45. The Hall–Kier alpha value is -0.300. The van der Waals surface area contributed by atoms with Crippen LogP contribution in [0.2, 0.25) is 0 Å². The second-order valence-electron chi connectivity index (χ2n) is 2.65. The number of halogens is 2. The van der Waals surface area contributed by atoms with Crippen LogP contribution in [-0.2, 0) is 0 Å². The van der Waals surface area contributed by atoms with Gasteiger partial charge in [0.2, 0.25) is 0 Å². The molecule has 0 saturated heterocycles. The van der Waals surface area contributed by atoms with Gasteiger partial charge in [-0.25, -0.2) is 0 Å². The van der Waals surface area contributed by atoms with Crippen molar-refractivity contribution in [3.05, 3.63) is 0 Å². The van der Waals surface area contributed by atoms with Gasteiger partial charge in [0.05, 0.1) is 28.0 Å². The average molecular weight is 181 g/mol. The Kier molecular flexibility index (Phi) is 3.81. The van der Waals surface area contributed by atoms with Crippen molar-refractivity contribution in [1.29, 1.82) is 5.26 Å². The largest absolute Gasteiger partial charge is 0.198 e. The van der Waals surface area contributed by atoms with Crippen molar-refractivity contribution in [3.8, 4) is 6.07 Å². The summed E-state index contributed by atoms with van der Waals surface area (Å²) in [5, 5.41) is 7.70. The Morgan fingerprint density at radius 1 is 1.55 bits per heavy atom. The van der Waals surface area contributed by atoms with Gasteiger partial charge in [-0.1, -0.05) is 6.92 Å². The summed E-state index contributed by atoms with van der Waals surface area (Å²) in [6, 6.07) is 1.86. The van der Waals surface area contributed by atoms with E-state index in [9.17, 15) is 7.77 Å². The lowest BCUT2D eigenvalue weighted by Crippen LogP contribution is -2.18. The summed E-state index contributed by atoms with van der Waals surface area (Å²) >= 11 is 0. The van der Waals surface area contributed by atoms with Crippen molar-refractivity contribution < 1.29 is 7.77 Å². The van der Waals surface area contributed by atoms with Gasteiger partial charge in [0.15, 0.2) is 0 Å². The molecule has 0 aromatic rings. The SMILES string of the molecule is CCC(C(C)C#N)S(C)(F)F. The van der Waals surface area contributed by atoms with E-state index in [0.29, 0.717) is 6.42 Å². The fourth-order valence-electron chi connectivity index (χ4n) is 1.09. The highest BCUT2D eigenvalue weighted by atomic mass is 32.3. The summed E-state index contributed by atoms with van der Waals surface area (Å²) in [4.78, 5) is 0. The van der Waals surface area contributed by atoms with Gasteiger partial charge in [0.25, 0.3) is 0 Å². The van der Waals surface area contributed by atoms with Crippen LogP contribution in [0.15, 0.2) is 0 Å². The van der Waals surface area contributed by atoms with Crippen LogP contribution >= 0.6 is 10.8 Å². The Balaban J connectivity index is 4.31. The molecule has 0 aromatic heterocycles. The summed E-state index contributed by atoms with van der Waals surface area (Å²) in [5.41, 5.74) is 0. The van der Waals surface area contributed by atoms with Gasteiger partial charge < -0.3 is 0 Å². The van der Waals surface area contributed by atoms with E-state index in [2.05, 4.69) is 0 Å². The van der Waals surface area contributed by atoms with Crippen LogP contribution in [0.4, 0.5) is 7.77 Å². The van der Waals surface area contributed by atoms with E-state index >= 15 is 0 Å². The summed E-state index contributed by atoms with van der Waals surface area (Å²) < 4.78 is 25.5. The molecule has 0 N–H and O–H groups in total. The van der Waals surface area contributed by atoms with Crippen LogP contribution in [0.3, 0.4) is 0 Å². The molecule has 0 bridgehead atoms. The molecule has 0 spiro atoms. The number of nitriles is 1. The number of rotatable bonds is 3. The van der Waals surface area contributed by atoms with Crippen LogP contribution in [0.1, 0.15) is 20.3 Å². The number of hydrogen-bond acceptors (Lipinski definition) is 1. The third kappa shape index (κ3) is 3.06. The molecule has 0 heterocycles. The van der Waals surface area contributed by atoms with E-state index < -0.39 is 22.0 Å². The minimum atomic E-state index is -3.55. The van der Waals surface area contributed by atoms with Gasteiger partial charge in [-0.3, -0.25) is 0 Å². The second-order valence-corrected chi connectivity index (χ2v) is 4.81. The molecular formula is C7H13F2NS. The zero-order chi connectivity index (χ0) is 9.07. The molecule has 0 amide bonds. The monoisotopic (exact) mass is 181 g/mol. The predicted octanol–water partition coefficient (Wildman–Crippen LogP) is 3.13. The van der Waals surface area contributed by atoms with Crippen molar-refractivity contribution in [2.45, 2.75) is 25.5 Å². The van der Waals surface area contributed by atoms with Gasteiger partial charge in [0, 0.05) is 6.26 Å². The van der Waals surface area contributed by atoms with E-state index in [1.54, 1.807) is 13.8 Å². The van der Waals surface area contributed by atoms with Crippen LogP contribution in [0.5, 0.6) is 0 Å². The summed E-state index contributed by atoms with van der Waals surface area (Å²) in [5.74, 6) is -0.532. The maximum absolute atomic E-state index is 12.8. The normalized spacial score (nSPS) is 18.5. The number of nitrogens with zero attached hydrogens (tertiary/aromatic N) is 1. The second kappa shape index (κ2) is 3.91. The average Bonchev–Trinajstić information content (AvgIpc) is 1.86. The molecule has 66 valence electrons. The summed E-state index contributed by atoms with van der Waals surface area (Å²) in [6.07, 6.45) is 1.34. The van der Waals surface area contributed by atoms with Crippen LogP contribution in [0, 0.1) is 17.2 Å². The van der Waals surface area contributed by atoms with Gasteiger partial charge in [-0.2, -0.15) is 13.0 Å². The first-order valence-corrected chi connectivity index (χ1v) is 5.40. The maximum atomic E-state index is 12.8. The van der Waals surface area contributed by atoms with Gasteiger partial charge >= 0.3 is 0 Å². The molecule has 4 heteroatoms. The molecule has 0 fully saturated rings. The first-order valence-electron chi connectivity index (χ1n) is 3.49. The van der Waals surface area contributed by atoms with E-state index in [0.717, 1.165) is 6.26 Å². The highest BCUT2D eigenvalue weighted by Crippen LogP contribution is 2.55. The van der Waals surface area contributed by atoms with Crippen molar-refractivity contribution in [1.82, 2.24) is 0 Å².